The molecule has 178 valence electrons. The molecule has 1 aliphatic heterocycles. The maximum Gasteiger partial charge on any atom is 0.275 e. The molecule has 0 bridgehead atoms. The average Bonchev–Trinajstić information content (AvgIpc) is 3.06. The number of imide groups is 1. The Bertz CT molecular complexity index is 1140. The number of hydrazine groups is 1. The second-order valence-corrected chi connectivity index (χ2v) is 9.89. The Labute approximate surface area is 208 Å². The molecule has 2 aromatic carbocycles. The summed E-state index contributed by atoms with van der Waals surface area (Å²) in [6.07, 6.45) is 2.21. The van der Waals surface area contributed by atoms with Gasteiger partial charge in [-0.15, -0.1) is 0 Å². The van der Waals surface area contributed by atoms with Crippen LogP contribution in [0.3, 0.4) is 0 Å². The van der Waals surface area contributed by atoms with Gasteiger partial charge < -0.3 is 0 Å². The number of Topliss-reactive ketones (excluding diaryl/α,β-unsaturated/α-hetero) is 1. The Morgan fingerprint density at radius 2 is 1.71 bits per heavy atom. The molecule has 0 aromatic heterocycles. The lowest BCUT2D eigenvalue weighted by Crippen LogP contribution is -2.57. The normalized spacial score (nSPS) is 22.9. The summed E-state index contributed by atoms with van der Waals surface area (Å²) < 4.78 is 0. The fraction of sp³-hybridized carbons (Fsp3) is 0.385. The van der Waals surface area contributed by atoms with E-state index in [1.807, 2.05) is 0 Å². The van der Waals surface area contributed by atoms with E-state index in [1.165, 1.54) is 18.2 Å². The van der Waals surface area contributed by atoms with Crippen molar-refractivity contribution in [3.63, 3.8) is 0 Å². The van der Waals surface area contributed by atoms with Crippen LogP contribution in [0.15, 0.2) is 48.5 Å². The Balaban J connectivity index is 1.81. The van der Waals surface area contributed by atoms with Crippen molar-refractivity contribution in [3.8, 4) is 0 Å². The van der Waals surface area contributed by atoms with E-state index in [-0.39, 0.29) is 22.8 Å². The van der Waals surface area contributed by atoms with Crippen LogP contribution in [-0.2, 0) is 9.59 Å². The molecule has 4 atom stereocenters. The molecule has 2 aliphatic rings. The van der Waals surface area contributed by atoms with Crippen molar-refractivity contribution in [1.29, 1.82) is 0 Å². The van der Waals surface area contributed by atoms with Crippen molar-refractivity contribution in [2.45, 2.75) is 45.6 Å². The van der Waals surface area contributed by atoms with Crippen LogP contribution in [-0.4, -0.2) is 39.6 Å². The molecule has 34 heavy (non-hydrogen) atoms. The molecule has 1 saturated carbocycles. The smallest absolute Gasteiger partial charge is 0.275 e. The van der Waals surface area contributed by atoms with E-state index >= 15 is 0 Å². The minimum absolute atomic E-state index is 0.0641. The highest BCUT2D eigenvalue weighted by atomic mass is 35.5. The van der Waals surface area contributed by atoms with E-state index in [0.29, 0.717) is 29.3 Å². The number of benzene rings is 2. The summed E-state index contributed by atoms with van der Waals surface area (Å²) in [6, 6.07) is 11.8. The van der Waals surface area contributed by atoms with Crippen LogP contribution < -0.4 is 0 Å². The quantitative estimate of drug-likeness (QED) is 0.391. The van der Waals surface area contributed by atoms with Gasteiger partial charge in [-0.2, -0.15) is 5.01 Å². The molecule has 1 saturated heterocycles. The van der Waals surface area contributed by atoms with Crippen molar-refractivity contribution in [2.24, 2.45) is 17.8 Å². The Morgan fingerprint density at radius 1 is 1.03 bits per heavy atom. The molecule has 4 rings (SSSR count). The van der Waals surface area contributed by atoms with Gasteiger partial charge in [0.1, 0.15) is 6.04 Å². The maximum absolute atomic E-state index is 13.9. The zero-order chi connectivity index (χ0) is 24.6. The first-order valence-electron chi connectivity index (χ1n) is 11.5. The minimum Gasteiger partial charge on any atom is -0.292 e. The van der Waals surface area contributed by atoms with Gasteiger partial charge in [0.2, 0.25) is 0 Å². The third kappa shape index (κ3) is 4.37. The molecule has 3 amide bonds. The minimum atomic E-state index is -1.06. The van der Waals surface area contributed by atoms with Gasteiger partial charge in [0, 0.05) is 10.6 Å². The van der Waals surface area contributed by atoms with Gasteiger partial charge in [-0.1, -0.05) is 67.4 Å². The lowest BCUT2D eigenvalue weighted by atomic mass is 9.76. The first-order chi connectivity index (χ1) is 16.2. The summed E-state index contributed by atoms with van der Waals surface area (Å²) in [5, 5.41) is 2.39. The van der Waals surface area contributed by atoms with E-state index in [9.17, 15) is 19.2 Å². The van der Waals surface area contributed by atoms with Crippen LogP contribution >= 0.6 is 23.2 Å². The van der Waals surface area contributed by atoms with Crippen molar-refractivity contribution in [2.75, 3.05) is 0 Å². The SMILES string of the molecule is CC[C@H](C(=O)c1ccccc1)N(C(=O)c1ccc(Cl)cc1Cl)N1C(=O)[C@@H]2CC[C@@H](C)C[C@H]2C1=O. The van der Waals surface area contributed by atoms with Crippen molar-refractivity contribution >= 4 is 46.7 Å². The fourth-order valence-corrected chi connectivity index (χ4v) is 5.50. The summed E-state index contributed by atoms with van der Waals surface area (Å²) in [5.74, 6) is -2.57. The Hall–Kier alpha value is -2.70. The second-order valence-electron chi connectivity index (χ2n) is 9.05. The van der Waals surface area contributed by atoms with Crippen molar-refractivity contribution in [1.82, 2.24) is 10.0 Å². The standard InChI is InChI=1S/C26H26Cl2N2O4/c1-3-22(23(31)16-7-5-4-6-8-16)29(25(33)19-12-10-17(27)14-21(19)28)30-24(32)18-11-9-15(2)13-20(18)26(30)34/h4-8,10,12,14-15,18,20,22H,3,9,11,13H2,1-2H3/t15-,18-,20-,22-/m1/s1. The third-order valence-electron chi connectivity index (χ3n) is 6.79. The van der Waals surface area contributed by atoms with Gasteiger partial charge in [-0.25, -0.2) is 5.01 Å². The number of fused-ring (bicyclic) bond motifs is 1. The number of hydrogen-bond acceptors (Lipinski definition) is 4. The van der Waals surface area contributed by atoms with E-state index in [1.54, 1.807) is 37.3 Å². The van der Waals surface area contributed by atoms with Crippen LogP contribution in [0.25, 0.3) is 0 Å². The molecule has 2 fully saturated rings. The van der Waals surface area contributed by atoms with Gasteiger partial charge in [0.25, 0.3) is 17.7 Å². The topological polar surface area (TPSA) is 74.8 Å². The predicted molar refractivity (Wildman–Crippen MR) is 129 cm³/mol. The third-order valence-corrected chi connectivity index (χ3v) is 7.34. The van der Waals surface area contributed by atoms with E-state index < -0.39 is 35.6 Å². The summed E-state index contributed by atoms with van der Waals surface area (Å²) in [5.41, 5.74) is 0.453. The fourth-order valence-electron chi connectivity index (χ4n) is 5.01. The number of amides is 3. The molecule has 1 aliphatic carbocycles. The molecule has 2 aromatic rings. The van der Waals surface area contributed by atoms with Crippen LogP contribution in [0.4, 0.5) is 0 Å². The van der Waals surface area contributed by atoms with Crippen LogP contribution in [0.1, 0.15) is 60.2 Å². The average molecular weight is 501 g/mol. The number of carbonyl (C=O) groups is 4. The number of ketones is 1. The molecule has 0 unspecified atom stereocenters. The largest absolute Gasteiger partial charge is 0.292 e. The number of hydrogen-bond donors (Lipinski definition) is 0. The molecule has 6 nitrogen and oxygen atoms in total. The van der Waals surface area contributed by atoms with E-state index in [0.717, 1.165) is 16.4 Å². The summed E-state index contributed by atoms with van der Waals surface area (Å²) >= 11 is 12.3. The van der Waals surface area contributed by atoms with Crippen LogP contribution in [0, 0.1) is 17.8 Å². The molecular weight excluding hydrogens is 475 g/mol. The summed E-state index contributed by atoms with van der Waals surface area (Å²) in [6.45, 7) is 3.80. The number of halogens is 2. The lowest BCUT2D eigenvalue weighted by molar-refractivity contribution is -0.156. The lowest BCUT2D eigenvalue weighted by Gasteiger charge is -2.36. The number of carbonyl (C=O) groups excluding carboxylic acids is 4. The number of nitrogens with zero attached hydrogens (tertiary/aromatic N) is 2. The van der Waals surface area contributed by atoms with Crippen LogP contribution in [0.2, 0.25) is 10.0 Å². The molecular formula is C26H26Cl2N2O4. The molecule has 1 heterocycles. The molecule has 0 radical (unpaired) electrons. The summed E-state index contributed by atoms with van der Waals surface area (Å²) in [4.78, 5) is 54.4. The first-order valence-corrected chi connectivity index (χ1v) is 12.3. The monoisotopic (exact) mass is 500 g/mol. The van der Waals surface area contributed by atoms with Crippen molar-refractivity contribution < 1.29 is 19.2 Å². The molecule has 0 spiro atoms. The molecule has 0 N–H and O–H groups in total. The van der Waals surface area contributed by atoms with Crippen molar-refractivity contribution in [3.05, 3.63) is 69.7 Å². The van der Waals surface area contributed by atoms with Crippen LogP contribution in [0.5, 0.6) is 0 Å². The predicted octanol–water partition coefficient (Wildman–Crippen LogP) is 5.43. The summed E-state index contributed by atoms with van der Waals surface area (Å²) in [7, 11) is 0. The number of rotatable bonds is 6. The second kappa shape index (κ2) is 9.88. The first kappa shape index (κ1) is 24.4. The van der Waals surface area contributed by atoms with Gasteiger partial charge in [-0.05, 0) is 49.8 Å². The van der Waals surface area contributed by atoms with E-state index in [4.69, 9.17) is 23.2 Å². The Morgan fingerprint density at radius 3 is 2.35 bits per heavy atom. The van der Waals surface area contributed by atoms with Gasteiger partial charge in [-0.3, -0.25) is 19.2 Å². The highest BCUT2D eigenvalue weighted by molar-refractivity contribution is 6.36. The zero-order valence-corrected chi connectivity index (χ0v) is 20.6. The highest BCUT2D eigenvalue weighted by Crippen LogP contribution is 2.42. The zero-order valence-electron chi connectivity index (χ0n) is 19.0. The van der Waals surface area contributed by atoms with Gasteiger partial charge in [0.15, 0.2) is 5.78 Å². The maximum atomic E-state index is 13.9. The Kier molecular flexibility index (Phi) is 7.10. The van der Waals surface area contributed by atoms with Gasteiger partial charge in [0.05, 0.1) is 22.4 Å². The van der Waals surface area contributed by atoms with Gasteiger partial charge >= 0.3 is 0 Å². The van der Waals surface area contributed by atoms with E-state index in [2.05, 4.69) is 6.92 Å². The highest BCUT2D eigenvalue weighted by Gasteiger charge is 2.54. The molecule has 8 heteroatoms.